The van der Waals surface area contributed by atoms with Gasteiger partial charge in [-0.05, 0) is 48.7 Å². The lowest BCUT2D eigenvalue weighted by Crippen LogP contribution is -2.23. The van der Waals surface area contributed by atoms with Gasteiger partial charge in [0.15, 0.2) is 0 Å². The molecule has 2 aromatic carbocycles. The molecule has 0 aliphatic heterocycles. The number of nitrogens with zero attached hydrogens (tertiary/aromatic N) is 5. The van der Waals surface area contributed by atoms with Gasteiger partial charge in [0.2, 0.25) is 0 Å². The number of aromatic nitrogens is 4. The highest BCUT2D eigenvalue weighted by atomic mass is 35.5. The molecule has 5 rings (SSSR count). The standard InChI is InChI=1S/C27H29ClFN7Si/c1-37(2,3)11-10-31-25-18(14-30)15-32-27-22(25)12-20(13-23(27)28)33-26(17-4-6-19(29)7-5-17)24-16-36(35-34-24)21-8-9-21/h4-7,12-13,15-16,21,26,33H,8-11H2,1-3H3,(H,31,32)/i26D. The average Bonchev–Trinajstić information content (AvgIpc) is 3.59. The van der Waals surface area contributed by atoms with Gasteiger partial charge in [-0.1, -0.05) is 48.6 Å². The molecule has 10 heteroatoms. The molecule has 1 fully saturated rings. The third-order valence-electron chi connectivity index (χ3n) is 6.31. The van der Waals surface area contributed by atoms with Crippen LogP contribution in [0.25, 0.3) is 10.9 Å². The SMILES string of the molecule is [2H]C(Nc1cc(Cl)c2ncc(C#N)c(NCC[Si](C)(C)C)c2c1)(c1ccc(F)cc1)c1cn(C2CC2)nn1. The first-order chi connectivity index (χ1) is 18.1. The maximum absolute atomic E-state index is 13.8. The highest BCUT2D eigenvalue weighted by molar-refractivity contribution is 6.76. The van der Waals surface area contributed by atoms with E-state index in [2.05, 4.69) is 51.6 Å². The molecule has 1 saturated carbocycles. The first-order valence-corrected chi connectivity index (χ1v) is 16.4. The van der Waals surface area contributed by atoms with E-state index in [0.29, 0.717) is 50.2 Å². The van der Waals surface area contributed by atoms with E-state index in [1.807, 2.05) is 6.07 Å². The number of nitriles is 1. The fraction of sp³-hybridized carbons (Fsp3) is 0.333. The highest BCUT2D eigenvalue weighted by Crippen LogP contribution is 2.37. The molecular formula is C27H29ClFN7Si. The van der Waals surface area contributed by atoms with Gasteiger partial charge in [-0.15, -0.1) is 5.10 Å². The van der Waals surface area contributed by atoms with E-state index < -0.39 is 19.9 Å². The average molecular weight is 535 g/mol. The van der Waals surface area contributed by atoms with Crippen LogP contribution >= 0.6 is 11.6 Å². The summed E-state index contributed by atoms with van der Waals surface area (Å²) in [5.74, 6) is -0.393. The summed E-state index contributed by atoms with van der Waals surface area (Å²) in [6, 6.07) is 11.3. The molecule has 190 valence electrons. The fourth-order valence-electron chi connectivity index (χ4n) is 4.12. The Hall–Kier alpha value is -3.48. The van der Waals surface area contributed by atoms with E-state index in [1.165, 1.54) is 18.3 Å². The summed E-state index contributed by atoms with van der Waals surface area (Å²) in [4.78, 5) is 4.43. The lowest BCUT2D eigenvalue weighted by molar-refractivity contribution is 0.610. The van der Waals surface area contributed by atoms with Gasteiger partial charge in [0.05, 0.1) is 41.4 Å². The van der Waals surface area contributed by atoms with Crippen LogP contribution in [-0.4, -0.2) is 34.6 Å². The number of anilines is 2. The lowest BCUT2D eigenvalue weighted by atomic mass is 10.0. The van der Waals surface area contributed by atoms with Gasteiger partial charge >= 0.3 is 0 Å². The zero-order chi connectivity index (χ0) is 27.1. The van der Waals surface area contributed by atoms with E-state index in [4.69, 9.17) is 11.6 Å². The second-order valence-corrected chi connectivity index (χ2v) is 16.6. The van der Waals surface area contributed by atoms with Crippen LogP contribution in [0.3, 0.4) is 0 Å². The monoisotopic (exact) mass is 534 g/mol. The van der Waals surface area contributed by atoms with E-state index >= 15 is 0 Å². The van der Waals surface area contributed by atoms with Gasteiger partial charge in [-0.25, -0.2) is 9.07 Å². The number of benzene rings is 2. The minimum absolute atomic E-state index is 0.295. The molecule has 0 bridgehead atoms. The van der Waals surface area contributed by atoms with Crippen LogP contribution in [0.15, 0.2) is 48.8 Å². The molecule has 0 radical (unpaired) electrons. The zero-order valence-corrected chi connectivity index (χ0v) is 22.8. The summed E-state index contributed by atoms with van der Waals surface area (Å²) in [5.41, 5.74) is 3.05. The molecule has 7 nitrogen and oxygen atoms in total. The zero-order valence-electron chi connectivity index (χ0n) is 22.0. The molecule has 2 aromatic heterocycles. The van der Waals surface area contributed by atoms with Crippen molar-refractivity contribution in [2.45, 2.75) is 50.6 Å². The number of hydrogen-bond acceptors (Lipinski definition) is 6. The summed E-state index contributed by atoms with van der Waals surface area (Å²) >= 11 is 6.68. The van der Waals surface area contributed by atoms with Gasteiger partial charge in [0.25, 0.3) is 0 Å². The van der Waals surface area contributed by atoms with Crippen molar-refractivity contribution in [1.82, 2.24) is 20.0 Å². The first kappa shape index (κ1) is 23.9. The molecular weight excluding hydrogens is 505 g/mol. The second-order valence-electron chi connectivity index (χ2n) is 10.6. The second kappa shape index (κ2) is 10.1. The Morgan fingerprint density at radius 1 is 1.27 bits per heavy atom. The van der Waals surface area contributed by atoms with Crippen molar-refractivity contribution < 1.29 is 5.76 Å². The molecule has 0 saturated heterocycles. The van der Waals surface area contributed by atoms with Gasteiger partial charge in [-0.2, -0.15) is 5.26 Å². The van der Waals surface area contributed by atoms with Crippen molar-refractivity contribution in [1.29, 1.82) is 5.26 Å². The molecule has 2 heterocycles. The molecule has 1 unspecified atom stereocenters. The molecule has 4 aromatic rings. The van der Waals surface area contributed by atoms with Crippen molar-refractivity contribution >= 4 is 42.0 Å². The predicted molar refractivity (Wildman–Crippen MR) is 148 cm³/mol. The number of pyridine rings is 1. The predicted octanol–water partition coefficient (Wildman–Crippen LogP) is 6.78. The van der Waals surface area contributed by atoms with E-state index in [9.17, 15) is 11.0 Å². The summed E-state index contributed by atoms with van der Waals surface area (Å²) in [6.07, 6.45) is 5.35. The topological polar surface area (TPSA) is 91.5 Å². The number of halogens is 2. The van der Waals surface area contributed by atoms with Gasteiger partial charge in [0, 0.05) is 31.9 Å². The van der Waals surface area contributed by atoms with Crippen LogP contribution in [0.2, 0.25) is 30.7 Å². The Bertz CT molecular complexity index is 1530. The molecule has 37 heavy (non-hydrogen) atoms. The summed E-state index contributed by atoms with van der Waals surface area (Å²) < 4.78 is 25.1. The lowest BCUT2D eigenvalue weighted by Gasteiger charge is -2.21. The van der Waals surface area contributed by atoms with Crippen molar-refractivity contribution in [2.75, 3.05) is 17.2 Å². The quantitative estimate of drug-likeness (QED) is 0.230. The van der Waals surface area contributed by atoms with E-state index in [-0.39, 0.29) is 0 Å². The van der Waals surface area contributed by atoms with Crippen LogP contribution in [0.5, 0.6) is 0 Å². The van der Waals surface area contributed by atoms with E-state index in [0.717, 1.165) is 25.4 Å². The summed E-state index contributed by atoms with van der Waals surface area (Å²) in [5, 5.41) is 26.1. The third kappa shape index (κ3) is 5.76. The molecule has 0 amide bonds. The van der Waals surface area contributed by atoms with E-state index in [1.54, 1.807) is 29.1 Å². The Balaban J connectivity index is 1.58. The smallest absolute Gasteiger partial charge is 0.123 e. The number of rotatable bonds is 9. The van der Waals surface area contributed by atoms with Crippen LogP contribution in [0.4, 0.5) is 15.8 Å². The number of fused-ring (bicyclic) bond motifs is 1. The first-order valence-electron chi connectivity index (χ1n) is 12.8. The Kier molecular flexibility index (Phi) is 6.53. The van der Waals surface area contributed by atoms with Crippen molar-refractivity contribution in [3.63, 3.8) is 0 Å². The van der Waals surface area contributed by atoms with Crippen LogP contribution in [0, 0.1) is 17.1 Å². The maximum Gasteiger partial charge on any atom is 0.123 e. The molecule has 1 aliphatic rings. The molecule has 2 N–H and O–H groups in total. The van der Waals surface area contributed by atoms with Crippen LogP contribution < -0.4 is 10.6 Å². The number of nitrogens with one attached hydrogen (secondary N) is 2. The van der Waals surface area contributed by atoms with Crippen LogP contribution in [0.1, 0.15) is 43.1 Å². The minimum atomic E-state index is -1.58. The van der Waals surface area contributed by atoms with Crippen molar-refractivity contribution in [2.24, 2.45) is 0 Å². The van der Waals surface area contributed by atoms with Crippen molar-refractivity contribution in [3.05, 3.63) is 76.5 Å². The number of hydrogen-bond donors (Lipinski definition) is 2. The Morgan fingerprint density at radius 2 is 2.03 bits per heavy atom. The summed E-state index contributed by atoms with van der Waals surface area (Å²) in [7, 11) is -1.31. The normalized spacial score (nSPS) is 15.6. The third-order valence-corrected chi connectivity index (χ3v) is 8.35. The fourth-order valence-corrected chi connectivity index (χ4v) is 5.27. The molecule has 1 aliphatic carbocycles. The minimum Gasteiger partial charge on any atom is -0.384 e. The van der Waals surface area contributed by atoms with Gasteiger partial charge in [0.1, 0.15) is 17.6 Å². The molecule has 0 spiro atoms. The maximum atomic E-state index is 13.8. The Labute approximate surface area is 223 Å². The van der Waals surface area contributed by atoms with Crippen LogP contribution in [-0.2, 0) is 0 Å². The van der Waals surface area contributed by atoms with Gasteiger partial charge < -0.3 is 10.6 Å². The Morgan fingerprint density at radius 3 is 2.70 bits per heavy atom. The molecule has 1 atom stereocenters. The summed E-state index contributed by atoms with van der Waals surface area (Å²) in [6.45, 7) is 7.62. The largest absolute Gasteiger partial charge is 0.384 e. The van der Waals surface area contributed by atoms with Gasteiger partial charge in [-0.3, -0.25) is 4.98 Å². The van der Waals surface area contributed by atoms with Crippen molar-refractivity contribution in [3.8, 4) is 6.07 Å². The highest BCUT2D eigenvalue weighted by Gasteiger charge is 2.27.